The summed E-state index contributed by atoms with van der Waals surface area (Å²) in [6.07, 6.45) is 3.94. The van der Waals surface area contributed by atoms with Gasteiger partial charge in [-0.15, -0.1) is 0 Å². The first-order valence-corrected chi connectivity index (χ1v) is 17.8. The number of esters is 1. The summed E-state index contributed by atoms with van der Waals surface area (Å²) in [5, 5.41) is 10.4. The molecule has 1 aromatic rings. The van der Waals surface area contributed by atoms with Crippen LogP contribution in [0.3, 0.4) is 0 Å². The van der Waals surface area contributed by atoms with Gasteiger partial charge in [0.2, 0.25) is 29.5 Å². The highest BCUT2D eigenvalue weighted by molar-refractivity contribution is 6.03. The van der Waals surface area contributed by atoms with Gasteiger partial charge in [-0.25, -0.2) is 4.79 Å². The number of imide groups is 1. The molecule has 2 atom stereocenters. The normalized spacial score (nSPS) is 13.6. The summed E-state index contributed by atoms with van der Waals surface area (Å²) >= 11 is 0. The van der Waals surface area contributed by atoms with Gasteiger partial charge >= 0.3 is 12.0 Å². The molecule has 0 aliphatic carbocycles. The van der Waals surface area contributed by atoms with E-state index in [1.54, 1.807) is 38.1 Å². The van der Waals surface area contributed by atoms with E-state index >= 15 is 0 Å². The van der Waals surface area contributed by atoms with Crippen LogP contribution >= 0.6 is 0 Å². The van der Waals surface area contributed by atoms with Gasteiger partial charge in [-0.05, 0) is 49.3 Å². The zero-order valence-corrected chi connectivity index (χ0v) is 31.6. The van der Waals surface area contributed by atoms with Gasteiger partial charge in [-0.3, -0.25) is 33.7 Å². The smallest absolute Gasteiger partial charge is 0.312 e. The van der Waals surface area contributed by atoms with E-state index in [2.05, 4.69) is 21.3 Å². The predicted octanol–water partition coefficient (Wildman–Crippen LogP) is 4.41. The summed E-state index contributed by atoms with van der Waals surface area (Å²) in [7, 11) is 0. The van der Waals surface area contributed by atoms with Crippen LogP contribution < -0.4 is 27.0 Å². The van der Waals surface area contributed by atoms with Crippen LogP contribution in [-0.4, -0.2) is 72.1 Å². The summed E-state index contributed by atoms with van der Waals surface area (Å²) in [4.78, 5) is 83.6. The van der Waals surface area contributed by atoms with Crippen molar-refractivity contribution < 1.29 is 38.3 Å². The predicted molar refractivity (Wildman–Crippen MR) is 194 cm³/mol. The molecule has 0 bridgehead atoms. The number of urea groups is 1. The number of hydrogen-bond acceptors (Lipinski definition) is 8. The fourth-order valence-corrected chi connectivity index (χ4v) is 4.42. The average Bonchev–Trinajstić information content (AvgIpc) is 3.37. The highest BCUT2D eigenvalue weighted by atomic mass is 16.5. The zero-order valence-electron chi connectivity index (χ0n) is 31.6. The number of carbonyl (C=O) groups is 7. The van der Waals surface area contributed by atoms with Gasteiger partial charge in [0.15, 0.2) is 0 Å². The highest BCUT2D eigenvalue weighted by Gasteiger charge is 2.36. The molecule has 0 aromatic heterocycles. The fourth-order valence-electron chi connectivity index (χ4n) is 4.42. The molecule has 1 aromatic carbocycles. The minimum Gasteiger partial charge on any atom is -0.461 e. The van der Waals surface area contributed by atoms with Crippen molar-refractivity contribution in [1.82, 2.24) is 20.9 Å². The molecule has 0 saturated carbocycles. The molecule has 1 heterocycles. The topological polar surface area (TPSA) is 206 Å². The van der Waals surface area contributed by atoms with Crippen molar-refractivity contribution in [3.63, 3.8) is 0 Å². The van der Waals surface area contributed by atoms with Gasteiger partial charge < -0.3 is 31.7 Å². The Morgan fingerprint density at radius 1 is 0.920 bits per heavy atom. The van der Waals surface area contributed by atoms with Crippen molar-refractivity contribution in [3.8, 4) is 0 Å². The maximum Gasteiger partial charge on any atom is 0.312 e. The number of ether oxygens (including phenoxy) is 1. The van der Waals surface area contributed by atoms with Crippen molar-refractivity contribution >= 4 is 47.2 Å². The quantitative estimate of drug-likeness (QED) is 0.0889. The maximum absolute atomic E-state index is 12.7. The number of nitrogens with one attached hydrogen (secondary N) is 4. The second-order valence-corrected chi connectivity index (χ2v) is 11.3. The highest BCUT2D eigenvalue weighted by Crippen LogP contribution is 2.22. The maximum atomic E-state index is 12.7. The van der Waals surface area contributed by atoms with Crippen molar-refractivity contribution in [2.24, 2.45) is 17.6 Å². The molecule has 0 spiro atoms. The lowest BCUT2D eigenvalue weighted by Gasteiger charge is -2.21. The van der Waals surface area contributed by atoms with E-state index in [0.717, 1.165) is 12.0 Å². The summed E-state index contributed by atoms with van der Waals surface area (Å²) in [6, 6.07) is 5.53. The second kappa shape index (κ2) is 28.4. The number of unbranched alkanes of at least 4 members (excludes halogenated alkanes) is 2. The van der Waals surface area contributed by atoms with Crippen LogP contribution in [0.25, 0.3) is 0 Å². The van der Waals surface area contributed by atoms with Crippen LogP contribution in [0.15, 0.2) is 24.3 Å². The Hall–Kier alpha value is -4.49. The monoisotopic (exact) mass is 706 g/mol. The Morgan fingerprint density at radius 3 is 2.02 bits per heavy atom. The largest absolute Gasteiger partial charge is 0.461 e. The average molecular weight is 707 g/mol. The lowest BCUT2D eigenvalue weighted by Crippen LogP contribution is -2.51. The van der Waals surface area contributed by atoms with Gasteiger partial charge in [0.1, 0.15) is 12.6 Å². The number of primary amides is 1. The molecule has 14 heteroatoms. The minimum atomic E-state index is -0.795. The third-order valence-corrected chi connectivity index (χ3v) is 7.03. The Morgan fingerprint density at radius 2 is 1.54 bits per heavy atom. The molecule has 7 amide bonds. The summed E-state index contributed by atoms with van der Waals surface area (Å²) < 4.78 is 4.92. The van der Waals surface area contributed by atoms with E-state index < -0.39 is 23.9 Å². The third-order valence-electron chi connectivity index (χ3n) is 7.03. The number of nitrogens with two attached hydrogens (primary N) is 1. The molecule has 284 valence electrons. The van der Waals surface area contributed by atoms with Gasteiger partial charge in [-0.2, -0.15) is 0 Å². The van der Waals surface area contributed by atoms with Crippen LogP contribution in [0.1, 0.15) is 113 Å². The summed E-state index contributed by atoms with van der Waals surface area (Å²) in [6.45, 7) is 17.7. The van der Waals surface area contributed by atoms with E-state index in [1.165, 1.54) is 11.8 Å². The first-order valence-electron chi connectivity index (χ1n) is 17.8. The molecule has 50 heavy (non-hydrogen) atoms. The number of rotatable bonds is 17. The van der Waals surface area contributed by atoms with Gasteiger partial charge in [-0.1, -0.05) is 73.9 Å². The molecule has 2 unspecified atom stereocenters. The molecular weight excluding hydrogens is 644 g/mol. The summed E-state index contributed by atoms with van der Waals surface area (Å²) in [5.41, 5.74) is 6.03. The van der Waals surface area contributed by atoms with Gasteiger partial charge in [0.05, 0.1) is 6.54 Å². The van der Waals surface area contributed by atoms with Crippen molar-refractivity contribution in [2.75, 3.05) is 25.0 Å². The number of anilines is 1. The fraction of sp³-hybridized carbons (Fsp3) is 0.639. The summed E-state index contributed by atoms with van der Waals surface area (Å²) in [5.74, 6) is -2.17. The van der Waals surface area contributed by atoms with Crippen molar-refractivity contribution in [3.05, 3.63) is 29.8 Å². The van der Waals surface area contributed by atoms with Crippen LogP contribution in [0.2, 0.25) is 0 Å². The molecule has 0 radical (unpaired) electrons. The van der Waals surface area contributed by atoms with E-state index in [4.69, 9.17) is 10.5 Å². The van der Waals surface area contributed by atoms with E-state index in [1.807, 2.05) is 41.5 Å². The van der Waals surface area contributed by atoms with Crippen LogP contribution in [0.5, 0.6) is 0 Å². The second-order valence-electron chi connectivity index (χ2n) is 11.3. The molecule has 1 aliphatic heterocycles. The van der Waals surface area contributed by atoms with Gasteiger partial charge in [0.25, 0.3) is 0 Å². The van der Waals surface area contributed by atoms with Crippen LogP contribution in [-0.2, 0) is 40.1 Å². The van der Waals surface area contributed by atoms with E-state index in [0.29, 0.717) is 44.5 Å². The van der Waals surface area contributed by atoms with E-state index in [-0.39, 0.29) is 61.5 Å². The number of hydrogen-bond donors (Lipinski definition) is 5. The van der Waals surface area contributed by atoms with Crippen molar-refractivity contribution in [2.45, 2.75) is 120 Å². The number of carbonyl (C=O) groups excluding carboxylic acids is 7. The van der Waals surface area contributed by atoms with Crippen LogP contribution in [0.4, 0.5) is 10.5 Å². The Balaban J connectivity index is 0. The number of amides is 7. The standard InChI is InChI=1S/C28H40N4O7.C4H10N2O.2C2H6/c1-5-21-15-25(36)32(28(21)38)14-8-6-7-9-23(34)31-26(18(2)3)27(37)29-16-24(35)30-22-12-10-20(11-13-22)17-39-19(4)33;1-2-3-6-4(5)7;2*1-2/h10-13,18,21,26H,5-9,14-17H2,1-4H3,(H,29,37)(H,30,35)(H,31,34);2-3H2,1H3,(H3,5,6,7);2*1-2H3. The third kappa shape index (κ3) is 20.8. The SMILES string of the molecule is CC.CC.CCC1CC(=O)N(CCCCCC(=O)NC(C(=O)NCC(=O)Nc2ccc(COC(C)=O)cc2)C(C)C)C1=O.CCCNC(N)=O. The number of benzene rings is 1. The lowest BCUT2D eigenvalue weighted by molar-refractivity contribution is -0.142. The Labute approximate surface area is 298 Å². The number of likely N-dealkylation sites (tertiary alicyclic amines) is 1. The van der Waals surface area contributed by atoms with Gasteiger partial charge in [0, 0.05) is 44.5 Å². The first kappa shape index (κ1) is 47.6. The minimum absolute atomic E-state index is 0.103. The molecular formula is C36H62N6O8. The number of nitrogens with zero attached hydrogens (tertiary/aromatic N) is 1. The Bertz CT molecular complexity index is 1190. The first-order chi connectivity index (χ1) is 23.8. The zero-order chi connectivity index (χ0) is 38.6. The van der Waals surface area contributed by atoms with Crippen LogP contribution in [0, 0.1) is 11.8 Å². The lowest BCUT2D eigenvalue weighted by atomic mass is 10.0. The molecule has 1 aliphatic rings. The molecule has 1 saturated heterocycles. The molecule has 14 nitrogen and oxygen atoms in total. The molecule has 2 rings (SSSR count). The van der Waals surface area contributed by atoms with Crippen molar-refractivity contribution in [1.29, 1.82) is 0 Å². The van der Waals surface area contributed by atoms with E-state index in [9.17, 15) is 33.6 Å². The Kier molecular flexibility index (Phi) is 27.0. The molecule has 6 N–H and O–H groups in total. The molecule has 1 fully saturated rings.